The Morgan fingerprint density at radius 1 is 0.939 bits per heavy atom. The molecule has 0 bridgehead atoms. The Morgan fingerprint density at radius 3 is 2.27 bits per heavy atom. The number of benzene rings is 1. The van der Waals surface area contributed by atoms with E-state index >= 15 is 0 Å². The number of aromatic nitrogens is 5. The predicted molar refractivity (Wildman–Crippen MR) is 127 cm³/mol. The van der Waals surface area contributed by atoms with Crippen molar-refractivity contribution in [1.29, 1.82) is 0 Å². The summed E-state index contributed by atoms with van der Waals surface area (Å²) >= 11 is 0. The zero-order valence-corrected chi connectivity index (χ0v) is 19.0. The first-order chi connectivity index (χ1) is 16.1. The van der Waals surface area contributed by atoms with Crippen molar-refractivity contribution in [2.24, 2.45) is 0 Å². The second-order valence-corrected chi connectivity index (χ2v) is 8.64. The number of carbonyl (C=O) groups is 1. The fourth-order valence-corrected chi connectivity index (χ4v) is 4.61. The van der Waals surface area contributed by atoms with Crippen LogP contribution >= 0.6 is 0 Å². The SMILES string of the molecule is Cc1nn([C@@H](C)C(=O)N2CCCCCC2)c(=O)c2c(-n3cccc3)n(-c3ccccc3)nc12. The summed E-state index contributed by atoms with van der Waals surface area (Å²) in [5.41, 5.74) is 1.69. The third kappa shape index (κ3) is 3.75. The summed E-state index contributed by atoms with van der Waals surface area (Å²) < 4.78 is 5.00. The number of amides is 1. The maximum absolute atomic E-state index is 13.8. The van der Waals surface area contributed by atoms with E-state index in [1.165, 1.54) is 4.68 Å². The third-order valence-electron chi connectivity index (χ3n) is 6.38. The molecule has 0 unspecified atom stereocenters. The van der Waals surface area contributed by atoms with Crippen molar-refractivity contribution in [2.75, 3.05) is 13.1 Å². The lowest BCUT2D eigenvalue weighted by atomic mass is 10.2. The van der Waals surface area contributed by atoms with Gasteiger partial charge in [-0.3, -0.25) is 9.59 Å². The minimum Gasteiger partial charge on any atom is -0.341 e. The zero-order chi connectivity index (χ0) is 22.9. The molecule has 170 valence electrons. The van der Waals surface area contributed by atoms with Crippen LogP contribution in [0.5, 0.6) is 0 Å². The van der Waals surface area contributed by atoms with Gasteiger partial charge in [0.05, 0.1) is 11.4 Å². The number of aryl methyl sites for hydroxylation is 1. The van der Waals surface area contributed by atoms with Gasteiger partial charge in [0.1, 0.15) is 16.9 Å². The van der Waals surface area contributed by atoms with Gasteiger partial charge < -0.3 is 9.47 Å². The van der Waals surface area contributed by atoms with E-state index in [0.717, 1.165) is 44.5 Å². The van der Waals surface area contributed by atoms with Crippen LogP contribution in [-0.4, -0.2) is 48.0 Å². The molecule has 8 nitrogen and oxygen atoms in total. The van der Waals surface area contributed by atoms with Crippen LogP contribution in [0.3, 0.4) is 0 Å². The summed E-state index contributed by atoms with van der Waals surface area (Å²) in [5, 5.41) is 9.77. The molecule has 5 rings (SSSR count). The average molecular weight is 445 g/mol. The molecular formula is C25H28N6O2. The first-order valence-electron chi connectivity index (χ1n) is 11.6. The molecule has 1 aromatic carbocycles. The molecule has 1 saturated heterocycles. The van der Waals surface area contributed by atoms with Crippen molar-refractivity contribution >= 4 is 16.8 Å². The summed E-state index contributed by atoms with van der Waals surface area (Å²) in [6.07, 6.45) is 8.06. The predicted octanol–water partition coefficient (Wildman–Crippen LogP) is 3.64. The highest BCUT2D eigenvalue weighted by atomic mass is 16.2. The Bertz CT molecular complexity index is 1330. The standard InChI is InChI=1S/C25H28N6O2/c1-18-22-21(23(28-14-10-11-15-28)31(27-22)20-12-6-5-7-13-20)25(33)30(26-18)19(2)24(32)29-16-8-3-4-9-17-29/h5-7,10-15,19H,3-4,8-9,16-17H2,1-2H3/t19-/m0/s1. The molecule has 8 heteroatoms. The Balaban J connectivity index is 1.69. The van der Waals surface area contributed by atoms with Gasteiger partial charge in [-0.25, -0.2) is 9.36 Å². The quantitative estimate of drug-likeness (QED) is 0.481. The van der Waals surface area contributed by atoms with Gasteiger partial charge in [0, 0.05) is 25.5 Å². The zero-order valence-electron chi connectivity index (χ0n) is 19.0. The normalized spacial score (nSPS) is 15.5. The van der Waals surface area contributed by atoms with E-state index in [0.29, 0.717) is 22.4 Å². The highest BCUT2D eigenvalue weighted by Crippen LogP contribution is 2.25. The lowest BCUT2D eigenvalue weighted by Gasteiger charge is -2.24. The largest absolute Gasteiger partial charge is 0.341 e. The Labute approximate surface area is 192 Å². The molecule has 4 aromatic rings. The molecule has 0 aliphatic carbocycles. The van der Waals surface area contributed by atoms with Crippen molar-refractivity contribution in [3.05, 3.63) is 70.9 Å². The smallest absolute Gasteiger partial charge is 0.280 e. The second kappa shape index (κ2) is 8.69. The highest BCUT2D eigenvalue weighted by molar-refractivity contribution is 5.88. The highest BCUT2D eigenvalue weighted by Gasteiger charge is 2.28. The number of nitrogens with zero attached hydrogens (tertiary/aromatic N) is 6. The minimum absolute atomic E-state index is 0.0526. The summed E-state index contributed by atoms with van der Waals surface area (Å²) in [5.74, 6) is 0.586. The molecule has 3 aromatic heterocycles. The summed E-state index contributed by atoms with van der Waals surface area (Å²) in [7, 11) is 0. The maximum Gasteiger partial charge on any atom is 0.280 e. The molecule has 4 heterocycles. The third-order valence-corrected chi connectivity index (χ3v) is 6.38. The average Bonchev–Trinajstić information content (AvgIpc) is 3.42. The van der Waals surface area contributed by atoms with Gasteiger partial charge in [0.2, 0.25) is 5.91 Å². The first kappa shape index (κ1) is 21.2. The van der Waals surface area contributed by atoms with Crippen LogP contribution in [0.4, 0.5) is 0 Å². The molecule has 1 amide bonds. The van der Waals surface area contributed by atoms with Gasteiger partial charge in [-0.05, 0) is 51.0 Å². The number of para-hydroxylation sites is 1. The molecule has 0 spiro atoms. The number of likely N-dealkylation sites (tertiary alicyclic amines) is 1. The lowest BCUT2D eigenvalue weighted by molar-refractivity contribution is -0.134. The van der Waals surface area contributed by atoms with Crippen molar-refractivity contribution < 1.29 is 4.79 Å². The molecular weight excluding hydrogens is 416 g/mol. The van der Waals surface area contributed by atoms with Crippen LogP contribution in [0, 0.1) is 6.92 Å². The molecule has 0 saturated carbocycles. The number of hydrogen-bond acceptors (Lipinski definition) is 4. The van der Waals surface area contributed by atoms with Crippen LogP contribution in [-0.2, 0) is 4.79 Å². The van der Waals surface area contributed by atoms with E-state index < -0.39 is 6.04 Å². The van der Waals surface area contributed by atoms with E-state index in [1.54, 1.807) is 11.6 Å². The topological polar surface area (TPSA) is 78.0 Å². The Morgan fingerprint density at radius 2 is 1.61 bits per heavy atom. The molecule has 0 radical (unpaired) electrons. The fraction of sp³-hybridized carbons (Fsp3) is 0.360. The van der Waals surface area contributed by atoms with Gasteiger partial charge in [-0.1, -0.05) is 31.0 Å². The Hall–Kier alpha value is -3.68. The summed E-state index contributed by atoms with van der Waals surface area (Å²) in [6, 6.07) is 12.9. The number of hydrogen-bond donors (Lipinski definition) is 0. The number of rotatable bonds is 4. The number of fused-ring (bicyclic) bond motifs is 1. The molecule has 1 aliphatic heterocycles. The molecule has 33 heavy (non-hydrogen) atoms. The molecule has 1 atom stereocenters. The first-order valence-corrected chi connectivity index (χ1v) is 11.6. The van der Waals surface area contributed by atoms with E-state index in [-0.39, 0.29) is 11.5 Å². The maximum atomic E-state index is 13.8. The van der Waals surface area contributed by atoms with Crippen molar-refractivity contribution in [2.45, 2.75) is 45.6 Å². The van der Waals surface area contributed by atoms with Crippen LogP contribution < -0.4 is 5.56 Å². The van der Waals surface area contributed by atoms with Crippen LogP contribution in [0.15, 0.2) is 59.7 Å². The van der Waals surface area contributed by atoms with Crippen molar-refractivity contribution in [3.63, 3.8) is 0 Å². The van der Waals surface area contributed by atoms with Gasteiger partial charge >= 0.3 is 0 Å². The van der Waals surface area contributed by atoms with Crippen molar-refractivity contribution in [1.82, 2.24) is 29.0 Å². The summed E-state index contributed by atoms with van der Waals surface area (Å²) in [6.45, 7) is 5.08. The van der Waals surface area contributed by atoms with E-state index in [9.17, 15) is 9.59 Å². The summed E-state index contributed by atoms with van der Waals surface area (Å²) in [4.78, 5) is 29.0. The van der Waals surface area contributed by atoms with Gasteiger partial charge in [-0.15, -0.1) is 0 Å². The van der Waals surface area contributed by atoms with Gasteiger partial charge in [0.15, 0.2) is 5.82 Å². The molecule has 1 fully saturated rings. The van der Waals surface area contributed by atoms with Crippen LogP contribution in [0.1, 0.15) is 44.3 Å². The fourth-order valence-electron chi connectivity index (χ4n) is 4.61. The van der Waals surface area contributed by atoms with Crippen LogP contribution in [0.2, 0.25) is 0 Å². The molecule has 1 aliphatic rings. The van der Waals surface area contributed by atoms with E-state index in [2.05, 4.69) is 5.10 Å². The van der Waals surface area contributed by atoms with Gasteiger partial charge in [-0.2, -0.15) is 10.2 Å². The molecule has 0 N–H and O–H groups in total. The monoisotopic (exact) mass is 444 g/mol. The van der Waals surface area contributed by atoms with Crippen molar-refractivity contribution in [3.8, 4) is 11.5 Å². The van der Waals surface area contributed by atoms with Crippen LogP contribution in [0.25, 0.3) is 22.4 Å². The second-order valence-electron chi connectivity index (χ2n) is 8.64. The Kier molecular flexibility index (Phi) is 5.58. The van der Waals surface area contributed by atoms with Gasteiger partial charge in [0.25, 0.3) is 5.56 Å². The minimum atomic E-state index is -0.684. The van der Waals surface area contributed by atoms with E-state index in [1.807, 2.05) is 71.2 Å². The number of carbonyl (C=O) groups excluding carboxylic acids is 1. The lowest BCUT2D eigenvalue weighted by Crippen LogP contribution is -2.41. The van der Waals surface area contributed by atoms with E-state index in [4.69, 9.17) is 5.10 Å².